The van der Waals surface area contributed by atoms with Crippen LogP contribution in [0.15, 0.2) is 35.1 Å². The number of piperidine rings is 1. The molecule has 1 aliphatic heterocycles. The molecular formula is C25H27Cl2FN6O2. The van der Waals surface area contributed by atoms with E-state index in [-0.39, 0.29) is 21.6 Å². The maximum absolute atomic E-state index is 14.1. The number of nitrogens with zero attached hydrogens (tertiary/aromatic N) is 3. The predicted molar refractivity (Wildman–Crippen MR) is 139 cm³/mol. The van der Waals surface area contributed by atoms with Crippen LogP contribution in [-0.4, -0.2) is 34.4 Å². The molecule has 1 saturated heterocycles. The summed E-state index contributed by atoms with van der Waals surface area (Å²) < 4.78 is 28.6. The number of anilines is 1. The molecule has 4 heterocycles. The highest BCUT2D eigenvalue weighted by molar-refractivity contribution is 6.36. The Morgan fingerprint density at radius 3 is 2.81 bits per heavy atom. The molecular weight excluding hydrogens is 506 g/mol. The van der Waals surface area contributed by atoms with Crippen molar-refractivity contribution < 1.29 is 13.5 Å². The van der Waals surface area contributed by atoms with E-state index in [0.29, 0.717) is 35.9 Å². The first kappa shape index (κ1) is 24.8. The summed E-state index contributed by atoms with van der Waals surface area (Å²) in [5.74, 6) is 0.450. The Balaban J connectivity index is 1.57. The Hall–Kier alpha value is -2.85. The molecule has 1 aliphatic rings. The van der Waals surface area contributed by atoms with Crippen LogP contribution in [0.2, 0.25) is 10.0 Å². The number of nitrogen functional groups attached to an aromatic ring is 1. The van der Waals surface area contributed by atoms with Gasteiger partial charge in [-0.2, -0.15) is 5.10 Å². The van der Waals surface area contributed by atoms with E-state index in [2.05, 4.69) is 15.4 Å². The Labute approximate surface area is 217 Å². The molecule has 0 spiro atoms. The number of nitrogens with two attached hydrogens (primary N) is 2. The lowest BCUT2D eigenvalue weighted by molar-refractivity contribution is 0.227. The SMILES string of the molecule is C[C@@H](Oc1c(N)ncc2c(-c3cnn(C4CCNCC4)c3)c(CCN)oc12)c1c(Cl)ccc(F)c1Cl. The monoisotopic (exact) mass is 532 g/mol. The van der Waals surface area contributed by atoms with Gasteiger partial charge in [-0.25, -0.2) is 9.37 Å². The van der Waals surface area contributed by atoms with Crippen LogP contribution < -0.4 is 21.5 Å². The third kappa shape index (κ3) is 4.52. The molecule has 4 aromatic rings. The summed E-state index contributed by atoms with van der Waals surface area (Å²) in [6.07, 6.45) is 7.32. The minimum absolute atomic E-state index is 0.108. The molecule has 8 nitrogen and oxygen atoms in total. The Bertz CT molecular complexity index is 1400. The topological polar surface area (TPSA) is 117 Å². The molecule has 3 aromatic heterocycles. The Morgan fingerprint density at radius 2 is 2.06 bits per heavy atom. The van der Waals surface area contributed by atoms with Crippen molar-refractivity contribution in [2.45, 2.75) is 38.3 Å². The highest BCUT2D eigenvalue weighted by Gasteiger charge is 2.26. The van der Waals surface area contributed by atoms with Crippen molar-refractivity contribution in [3.8, 4) is 16.9 Å². The number of rotatable bonds is 7. The standard InChI is InChI=1S/C25H27Cl2FN6O2/c1-13(20-17(26)2-3-18(28)22(20)27)35-24-23-16(11-32-25(24)30)21(19(36-23)4-7-29)14-10-33-34(12-14)15-5-8-31-9-6-15/h2-3,10-13,15,31H,4-9,29H2,1H3,(H2,30,32)/t13-/m1/s1. The molecule has 0 saturated carbocycles. The number of furan rings is 1. The molecule has 0 amide bonds. The first-order valence-electron chi connectivity index (χ1n) is 11.8. The minimum atomic E-state index is -0.732. The van der Waals surface area contributed by atoms with Crippen molar-refractivity contribution in [1.82, 2.24) is 20.1 Å². The number of halogens is 3. The summed E-state index contributed by atoms with van der Waals surface area (Å²) in [5.41, 5.74) is 14.6. The maximum Gasteiger partial charge on any atom is 0.205 e. The summed E-state index contributed by atoms with van der Waals surface area (Å²) in [6.45, 7) is 4.03. The van der Waals surface area contributed by atoms with E-state index in [1.165, 1.54) is 12.1 Å². The summed E-state index contributed by atoms with van der Waals surface area (Å²) >= 11 is 12.5. The van der Waals surface area contributed by atoms with E-state index in [1.807, 2.05) is 17.1 Å². The van der Waals surface area contributed by atoms with Crippen molar-refractivity contribution in [1.29, 1.82) is 0 Å². The fourth-order valence-electron chi connectivity index (χ4n) is 4.72. The van der Waals surface area contributed by atoms with Gasteiger partial charge >= 0.3 is 0 Å². The van der Waals surface area contributed by atoms with Gasteiger partial charge in [0, 0.05) is 40.5 Å². The zero-order chi connectivity index (χ0) is 25.4. The van der Waals surface area contributed by atoms with Gasteiger partial charge in [0.1, 0.15) is 17.7 Å². The highest BCUT2D eigenvalue weighted by Crippen LogP contribution is 2.43. The highest BCUT2D eigenvalue weighted by atomic mass is 35.5. The fourth-order valence-corrected chi connectivity index (χ4v) is 5.40. The number of hydrogen-bond donors (Lipinski definition) is 3. The summed E-state index contributed by atoms with van der Waals surface area (Å²) in [5, 5.41) is 8.90. The molecule has 1 atom stereocenters. The molecule has 0 aliphatic carbocycles. The average Bonchev–Trinajstić information content (AvgIpc) is 3.49. The molecule has 0 unspecified atom stereocenters. The number of benzene rings is 1. The Kier molecular flexibility index (Phi) is 7.07. The van der Waals surface area contributed by atoms with Crippen LogP contribution in [0, 0.1) is 5.82 Å². The zero-order valence-electron chi connectivity index (χ0n) is 19.7. The van der Waals surface area contributed by atoms with E-state index in [4.69, 9.17) is 43.8 Å². The molecule has 36 heavy (non-hydrogen) atoms. The number of ether oxygens (including phenoxy) is 1. The van der Waals surface area contributed by atoms with Crippen LogP contribution in [0.3, 0.4) is 0 Å². The smallest absolute Gasteiger partial charge is 0.205 e. The lowest BCUT2D eigenvalue weighted by Gasteiger charge is -2.22. The molecule has 1 aromatic carbocycles. The lowest BCUT2D eigenvalue weighted by atomic mass is 10.0. The van der Waals surface area contributed by atoms with Gasteiger partial charge in [0.2, 0.25) is 5.75 Å². The summed E-state index contributed by atoms with van der Waals surface area (Å²) in [7, 11) is 0. The first-order chi connectivity index (χ1) is 17.4. The zero-order valence-corrected chi connectivity index (χ0v) is 21.2. The number of aromatic nitrogens is 3. The molecule has 0 bridgehead atoms. The minimum Gasteiger partial charge on any atom is -0.478 e. The molecule has 5 N–H and O–H groups in total. The quantitative estimate of drug-likeness (QED) is 0.277. The van der Waals surface area contributed by atoms with Crippen LogP contribution in [0.25, 0.3) is 22.1 Å². The summed E-state index contributed by atoms with van der Waals surface area (Å²) in [4.78, 5) is 4.36. The molecule has 11 heteroatoms. The van der Waals surface area contributed by atoms with Gasteiger partial charge in [0.15, 0.2) is 11.4 Å². The van der Waals surface area contributed by atoms with E-state index in [0.717, 1.165) is 42.4 Å². The van der Waals surface area contributed by atoms with Crippen molar-refractivity contribution in [2.24, 2.45) is 5.73 Å². The lowest BCUT2D eigenvalue weighted by Crippen LogP contribution is -2.29. The molecule has 0 radical (unpaired) electrons. The predicted octanol–water partition coefficient (Wildman–Crippen LogP) is 5.29. The van der Waals surface area contributed by atoms with Crippen LogP contribution in [0.1, 0.15) is 43.2 Å². The van der Waals surface area contributed by atoms with Crippen LogP contribution in [0.4, 0.5) is 10.2 Å². The van der Waals surface area contributed by atoms with E-state index >= 15 is 0 Å². The van der Waals surface area contributed by atoms with Gasteiger partial charge in [-0.1, -0.05) is 23.2 Å². The second-order valence-corrected chi connectivity index (χ2v) is 9.65. The van der Waals surface area contributed by atoms with E-state index < -0.39 is 11.9 Å². The second kappa shape index (κ2) is 10.3. The van der Waals surface area contributed by atoms with Gasteiger partial charge < -0.3 is 25.9 Å². The number of nitrogens with one attached hydrogen (secondary N) is 1. The molecule has 1 fully saturated rings. The van der Waals surface area contributed by atoms with Crippen LogP contribution in [-0.2, 0) is 6.42 Å². The molecule has 190 valence electrons. The number of fused-ring (bicyclic) bond motifs is 1. The Morgan fingerprint density at radius 1 is 1.28 bits per heavy atom. The van der Waals surface area contributed by atoms with Crippen molar-refractivity contribution in [2.75, 3.05) is 25.4 Å². The normalized spacial score (nSPS) is 15.5. The van der Waals surface area contributed by atoms with Gasteiger partial charge in [0.05, 0.1) is 22.6 Å². The van der Waals surface area contributed by atoms with E-state index in [9.17, 15) is 4.39 Å². The number of pyridine rings is 1. The third-order valence-electron chi connectivity index (χ3n) is 6.51. The summed E-state index contributed by atoms with van der Waals surface area (Å²) in [6, 6.07) is 2.98. The first-order valence-corrected chi connectivity index (χ1v) is 12.6. The van der Waals surface area contributed by atoms with Gasteiger partial charge in [-0.15, -0.1) is 0 Å². The molecule has 5 rings (SSSR count). The van der Waals surface area contributed by atoms with Crippen molar-refractivity contribution in [3.05, 3.63) is 57.9 Å². The van der Waals surface area contributed by atoms with E-state index in [1.54, 1.807) is 13.1 Å². The van der Waals surface area contributed by atoms with Crippen molar-refractivity contribution >= 4 is 40.0 Å². The van der Waals surface area contributed by atoms with Crippen LogP contribution in [0.5, 0.6) is 5.75 Å². The number of hydrogen-bond acceptors (Lipinski definition) is 7. The third-order valence-corrected chi connectivity index (χ3v) is 7.23. The van der Waals surface area contributed by atoms with Gasteiger partial charge in [0.25, 0.3) is 0 Å². The van der Waals surface area contributed by atoms with Gasteiger partial charge in [-0.05, 0) is 51.5 Å². The van der Waals surface area contributed by atoms with Crippen LogP contribution >= 0.6 is 23.2 Å². The second-order valence-electron chi connectivity index (χ2n) is 8.86. The van der Waals surface area contributed by atoms with Crippen molar-refractivity contribution in [3.63, 3.8) is 0 Å². The van der Waals surface area contributed by atoms with Gasteiger partial charge in [-0.3, -0.25) is 4.68 Å². The fraction of sp³-hybridized carbons (Fsp3) is 0.360. The average molecular weight is 533 g/mol. The maximum atomic E-state index is 14.1. The largest absolute Gasteiger partial charge is 0.478 e.